The second kappa shape index (κ2) is 4.04. The first-order valence-electron chi connectivity index (χ1n) is 5.20. The van der Waals surface area contributed by atoms with Crippen molar-refractivity contribution in [2.24, 2.45) is 5.92 Å². The van der Waals surface area contributed by atoms with Crippen LogP contribution in [0.5, 0.6) is 0 Å². The number of hydrogen-bond acceptors (Lipinski definition) is 3. The number of nitrogens with one attached hydrogen (secondary N) is 1. The molecule has 1 aliphatic rings. The molecule has 0 saturated carbocycles. The number of aromatic amines is 1. The second-order valence-corrected chi connectivity index (χ2v) is 4.14. The molecule has 0 aromatic carbocycles. The Bertz CT molecular complexity index is 529. The predicted octanol–water partition coefficient (Wildman–Crippen LogP) is -0.160. The minimum atomic E-state index is -0.910. The number of carbonyl (C=O) groups excluding carboxylic acids is 1. The van der Waals surface area contributed by atoms with E-state index in [2.05, 4.69) is 4.98 Å². The third-order valence-electron chi connectivity index (χ3n) is 2.81. The van der Waals surface area contributed by atoms with Crippen molar-refractivity contribution in [2.75, 3.05) is 13.1 Å². The number of nitrogens with zero attached hydrogens (tertiary/aromatic N) is 1. The molecular formula is C11H12N2O4. The topological polar surface area (TPSA) is 90.5 Å². The van der Waals surface area contributed by atoms with Crippen LogP contribution in [0.2, 0.25) is 0 Å². The van der Waals surface area contributed by atoms with Crippen molar-refractivity contribution in [3.8, 4) is 0 Å². The van der Waals surface area contributed by atoms with Crippen molar-refractivity contribution in [3.05, 3.63) is 33.7 Å². The fourth-order valence-corrected chi connectivity index (χ4v) is 1.71. The Hall–Kier alpha value is -2.11. The highest BCUT2D eigenvalue weighted by Crippen LogP contribution is 2.17. The van der Waals surface area contributed by atoms with Crippen molar-refractivity contribution in [2.45, 2.75) is 6.92 Å². The molecule has 2 N–H and O–H groups in total. The minimum Gasteiger partial charge on any atom is -0.481 e. The summed E-state index contributed by atoms with van der Waals surface area (Å²) in [6.07, 6.45) is 1.37. The molecule has 0 aliphatic carbocycles. The summed E-state index contributed by atoms with van der Waals surface area (Å²) in [7, 11) is 0. The summed E-state index contributed by atoms with van der Waals surface area (Å²) >= 11 is 0. The maximum absolute atomic E-state index is 11.8. The van der Waals surface area contributed by atoms with Gasteiger partial charge in [0.25, 0.3) is 5.91 Å². The van der Waals surface area contributed by atoms with Crippen LogP contribution in [0.15, 0.2) is 17.1 Å². The summed E-state index contributed by atoms with van der Waals surface area (Å²) in [6.45, 7) is 2.06. The zero-order valence-electron chi connectivity index (χ0n) is 9.27. The van der Waals surface area contributed by atoms with Crippen molar-refractivity contribution in [3.63, 3.8) is 0 Å². The maximum atomic E-state index is 11.8. The number of carbonyl (C=O) groups is 2. The Morgan fingerprint density at radius 1 is 1.47 bits per heavy atom. The number of rotatable bonds is 2. The molecule has 0 bridgehead atoms. The highest BCUT2D eigenvalue weighted by Gasteiger charge is 2.36. The predicted molar refractivity (Wildman–Crippen MR) is 58.8 cm³/mol. The van der Waals surface area contributed by atoms with Crippen LogP contribution >= 0.6 is 0 Å². The lowest BCUT2D eigenvalue weighted by atomic mass is 9.99. The van der Waals surface area contributed by atoms with Crippen molar-refractivity contribution < 1.29 is 14.7 Å². The molecule has 1 amide bonds. The minimum absolute atomic E-state index is 0.0550. The van der Waals surface area contributed by atoms with E-state index >= 15 is 0 Å². The zero-order valence-corrected chi connectivity index (χ0v) is 9.27. The lowest BCUT2D eigenvalue weighted by Crippen LogP contribution is -2.53. The molecule has 2 rings (SSSR count). The molecule has 1 aliphatic heterocycles. The number of amides is 1. The largest absolute Gasteiger partial charge is 0.481 e. The molecule has 1 aromatic rings. The Morgan fingerprint density at radius 3 is 2.65 bits per heavy atom. The van der Waals surface area contributed by atoms with Crippen LogP contribution in [0, 0.1) is 12.8 Å². The number of H-pyrrole nitrogens is 1. The number of carboxylic acid groups (broad SMARTS) is 1. The first-order valence-corrected chi connectivity index (χ1v) is 5.20. The fraction of sp³-hybridized carbons (Fsp3) is 0.364. The molecule has 0 spiro atoms. The Balaban J connectivity index is 2.12. The highest BCUT2D eigenvalue weighted by molar-refractivity contribution is 5.95. The SMILES string of the molecule is Cc1cc(=O)c(C(=O)N2CC(C(=O)O)C2)c[nH]1. The zero-order chi connectivity index (χ0) is 12.6. The molecule has 6 nitrogen and oxygen atoms in total. The number of aromatic nitrogens is 1. The molecule has 2 heterocycles. The molecule has 17 heavy (non-hydrogen) atoms. The molecule has 90 valence electrons. The molecule has 1 aromatic heterocycles. The summed E-state index contributed by atoms with van der Waals surface area (Å²) < 4.78 is 0. The van der Waals surface area contributed by atoms with E-state index in [0.29, 0.717) is 5.69 Å². The smallest absolute Gasteiger partial charge is 0.310 e. The Labute approximate surface area is 96.9 Å². The van der Waals surface area contributed by atoms with Gasteiger partial charge in [-0.3, -0.25) is 14.4 Å². The quantitative estimate of drug-likeness (QED) is 0.746. The van der Waals surface area contributed by atoms with Crippen LogP contribution in [0.4, 0.5) is 0 Å². The van der Waals surface area contributed by atoms with Gasteiger partial charge in [0.05, 0.1) is 5.92 Å². The summed E-state index contributed by atoms with van der Waals surface area (Å²) in [6, 6.07) is 1.35. The average Bonchev–Trinajstić information content (AvgIpc) is 2.13. The highest BCUT2D eigenvalue weighted by atomic mass is 16.4. The maximum Gasteiger partial charge on any atom is 0.310 e. The van der Waals surface area contributed by atoms with E-state index in [1.165, 1.54) is 17.2 Å². The molecule has 6 heteroatoms. The van der Waals surface area contributed by atoms with Gasteiger partial charge in [0.2, 0.25) is 0 Å². The van der Waals surface area contributed by atoms with Crippen LogP contribution in [-0.2, 0) is 4.79 Å². The van der Waals surface area contributed by atoms with Gasteiger partial charge in [-0.05, 0) is 6.92 Å². The molecule has 0 atom stereocenters. The second-order valence-electron chi connectivity index (χ2n) is 4.14. The number of likely N-dealkylation sites (tertiary alicyclic amines) is 1. The molecular weight excluding hydrogens is 224 g/mol. The third-order valence-corrected chi connectivity index (χ3v) is 2.81. The fourth-order valence-electron chi connectivity index (χ4n) is 1.71. The van der Waals surface area contributed by atoms with E-state index in [0.717, 1.165) is 0 Å². The first-order chi connectivity index (χ1) is 7.99. The number of aryl methyl sites for hydroxylation is 1. The van der Waals surface area contributed by atoms with E-state index in [1.807, 2.05) is 0 Å². The van der Waals surface area contributed by atoms with Gasteiger partial charge < -0.3 is 15.0 Å². The number of carboxylic acids is 1. The van der Waals surface area contributed by atoms with Gasteiger partial charge in [0, 0.05) is 31.0 Å². The van der Waals surface area contributed by atoms with E-state index in [4.69, 9.17) is 5.11 Å². The lowest BCUT2D eigenvalue weighted by Gasteiger charge is -2.36. The summed E-state index contributed by atoms with van der Waals surface area (Å²) in [5.41, 5.74) is 0.392. The van der Waals surface area contributed by atoms with Gasteiger partial charge in [-0.15, -0.1) is 0 Å². The van der Waals surface area contributed by atoms with Gasteiger partial charge in [-0.1, -0.05) is 0 Å². The van der Waals surface area contributed by atoms with Crippen molar-refractivity contribution in [1.29, 1.82) is 0 Å². The summed E-state index contributed by atoms with van der Waals surface area (Å²) in [4.78, 5) is 38.1. The van der Waals surface area contributed by atoms with Crippen LogP contribution in [0.1, 0.15) is 16.1 Å². The van der Waals surface area contributed by atoms with Crippen molar-refractivity contribution in [1.82, 2.24) is 9.88 Å². The molecule has 0 radical (unpaired) electrons. The van der Waals surface area contributed by atoms with Gasteiger partial charge in [0.15, 0.2) is 5.43 Å². The lowest BCUT2D eigenvalue weighted by molar-refractivity contribution is -0.146. The monoisotopic (exact) mass is 236 g/mol. The molecule has 0 unspecified atom stereocenters. The van der Waals surface area contributed by atoms with Gasteiger partial charge >= 0.3 is 5.97 Å². The van der Waals surface area contributed by atoms with E-state index in [-0.39, 0.29) is 24.1 Å². The number of hydrogen-bond donors (Lipinski definition) is 2. The number of aliphatic carboxylic acids is 1. The van der Waals surface area contributed by atoms with Gasteiger partial charge in [0.1, 0.15) is 5.56 Å². The van der Waals surface area contributed by atoms with Crippen LogP contribution in [0.3, 0.4) is 0 Å². The van der Waals surface area contributed by atoms with Crippen LogP contribution in [0.25, 0.3) is 0 Å². The molecule has 1 saturated heterocycles. The van der Waals surface area contributed by atoms with Gasteiger partial charge in [-0.2, -0.15) is 0 Å². The Morgan fingerprint density at radius 2 is 2.12 bits per heavy atom. The normalized spacial score (nSPS) is 15.5. The van der Waals surface area contributed by atoms with Crippen LogP contribution < -0.4 is 5.43 Å². The number of pyridine rings is 1. The van der Waals surface area contributed by atoms with E-state index in [1.54, 1.807) is 6.92 Å². The Kier molecular flexibility index (Phi) is 2.71. The van der Waals surface area contributed by atoms with E-state index < -0.39 is 17.8 Å². The molecule has 1 fully saturated rings. The first kappa shape index (κ1) is 11.4. The summed E-state index contributed by atoms with van der Waals surface area (Å²) in [5, 5.41) is 8.69. The van der Waals surface area contributed by atoms with Crippen molar-refractivity contribution >= 4 is 11.9 Å². The average molecular weight is 236 g/mol. The van der Waals surface area contributed by atoms with E-state index in [9.17, 15) is 14.4 Å². The third kappa shape index (κ3) is 2.06. The van der Waals surface area contributed by atoms with Gasteiger partial charge in [-0.25, -0.2) is 0 Å². The van der Waals surface area contributed by atoms with Crippen LogP contribution in [-0.4, -0.2) is 40.0 Å². The summed E-state index contributed by atoms with van der Waals surface area (Å²) in [5.74, 6) is -1.83. The standard InChI is InChI=1S/C11H12N2O4/c1-6-2-9(14)8(3-12-6)10(15)13-4-7(5-13)11(16)17/h2-3,7H,4-5H2,1H3,(H,12,14)(H,16,17).